The van der Waals surface area contributed by atoms with Crippen LogP contribution in [0, 0.1) is 17.3 Å². The Kier molecular flexibility index (Phi) is 9.10. The minimum absolute atomic E-state index is 0.0394. The van der Waals surface area contributed by atoms with E-state index in [1.165, 1.54) is 17.6 Å². The second kappa shape index (κ2) is 11.6. The van der Waals surface area contributed by atoms with Gasteiger partial charge in [0.2, 0.25) is 5.91 Å². The summed E-state index contributed by atoms with van der Waals surface area (Å²) in [6.07, 6.45) is 7.11. The topological polar surface area (TPSA) is 71.0 Å². The number of fused-ring (bicyclic) bond motifs is 2. The maximum absolute atomic E-state index is 12.5. The highest BCUT2D eigenvalue weighted by molar-refractivity contribution is 5.82. The average molecular weight is 459 g/mol. The van der Waals surface area contributed by atoms with Gasteiger partial charge in [0.1, 0.15) is 0 Å². The Balaban J connectivity index is 1.43. The normalized spacial score (nSPS) is 24.7. The maximum Gasteiger partial charge on any atom is 0.230 e. The van der Waals surface area contributed by atoms with Crippen LogP contribution in [0.4, 0.5) is 0 Å². The number of rotatable bonds is 13. The lowest BCUT2D eigenvalue weighted by molar-refractivity contribution is -0.136. The van der Waals surface area contributed by atoms with Crippen LogP contribution >= 0.6 is 0 Å². The molecule has 0 unspecified atom stereocenters. The maximum atomic E-state index is 12.5. The van der Waals surface area contributed by atoms with Crippen LogP contribution in [0.15, 0.2) is 36.4 Å². The van der Waals surface area contributed by atoms with Crippen molar-refractivity contribution in [2.45, 2.75) is 44.6 Å². The number of amides is 1. The summed E-state index contributed by atoms with van der Waals surface area (Å²) in [5, 5.41) is 14.5. The number of carbonyl (C=O) groups is 1. The largest absolute Gasteiger partial charge is 0.389 e. The summed E-state index contributed by atoms with van der Waals surface area (Å²) in [5.74, 6) is 0.656. The zero-order valence-corrected chi connectivity index (χ0v) is 20.8. The van der Waals surface area contributed by atoms with E-state index in [0.717, 1.165) is 38.8 Å². The van der Waals surface area contributed by atoms with Crippen molar-refractivity contribution in [3.05, 3.63) is 42.0 Å². The van der Waals surface area contributed by atoms with Crippen LogP contribution in [-0.2, 0) is 14.3 Å². The number of benzene rings is 1. The molecule has 0 radical (unpaired) electrons. The Labute approximate surface area is 199 Å². The molecule has 3 aliphatic rings. The van der Waals surface area contributed by atoms with Gasteiger partial charge in [-0.3, -0.25) is 4.79 Å². The van der Waals surface area contributed by atoms with E-state index in [9.17, 15) is 9.90 Å². The van der Waals surface area contributed by atoms with Gasteiger partial charge in [-0.25, -0.2) is 0 Å². The summed E-state index contributed by atoms with van der Waals surface area (Å²) in [5.41, 5.74) is 1.45. The van der Waals surface area contributed by atoms with Crippen molar-refractivity contribution in [2.75, 3.05) is 54.1 Å². The van der Waals surface area contributed by atoms with E-state index < -0.39 is 11.0 Å². The summed E-state index contributed by atoms with van der Waals surface area (Å²) in [6, 6.07) is 10.6. The number of aliphatic hydroxyl groups is 1. The Bertz CT molecular complexity index is 791. The molecule has 6 heteroatoms. The summed E-state index contributed by atoms with van der Waals surface area (Å²) in [6.45, 7) is 4.86. The molecule has 2 N–H and O–H groups in total. The first-order valence-corrected chi connectivity index (χ1v) is 12.3. The van der Waals surface area contributed by atoms with Gasteiger partial charge in [0.15, 0.2) is 0 Å². The first-order chi connectivity index (χ1) is 15.8. The lowest BCUT2D eigenvalue weighted by Crippen LogP contribution is -2.48. The Morgan fingerprint density at radius 1 is 1.18 bits per heavy atom. The van der Waals surface area contributed by atoms with Crippen LogP contribution in [0.1, 0.15) is 44.6 Å². The molecule has 0 spiro atoms. The van der Waals surface area contributed by atoms with Crippen LogP contribution in [0.2, 0.25) is 0 Å². The van der Waals surface area contributed by atoms with Crippen LogP contribution in [0.5, 0.6) is 0 Å². The van der Waals surface area contributed by atoms with Gasteiger partial charge in [0, 0.05) is 33.2 Å². The molecule has 0 aliphatic heterocycles. The molecule has 1 amide bonds. The molecule has 184 valence electrons. The van der Waals surface area contributed by atoms with Crippen LogP contribution in [0.3, 0.4) is 0 Å². The molecule has 4 rings (SSSR count). The molecular formula is C27H42N2O4. The standard InChI is InChI=1S/C27H42N2O4/c1-26(19-32-3,20-33-4)25(30)28-14-8-15-29(2)16-13-27(31)18-22-11-12-23(27)17-24(22)21-9-6-5-7-10-21/h5-7,9-10,17,22-23,31H,8,11-16,18-20H2,1-4H3,(H,28,30)/t22-,23-,27+/m0/s1. The van der Waals surface area contributed by atoms with Crippen molar-refractivity contribution in [2.24, 2.45) is 17.3 Å². The highest BCUT2D eigenvalue weighted by Gasteiger charge is 2.46. The first kappa shape index (κ1) is 25.9. The lowest BCUT2D eigenvalue weighted by atomic mass is 9.61. The SMILES string of the molecule is COCC(C)(COC)C(=O)NCCCN(C)CC[C@@]1(O)C[C@@H]2CC[C@H]1C=C2c1ccccc1. The van der Waals surface area contributed by atoms with E-state index in [2.05, 4.69) is 53.7 Å². The van der Waals surface area contributed by atoms with E-state index >= 15 is 0 Å². The van der Waals surface area contributed by atoms with Crippen molar-refractivity contribution in [1.82, 2.24) is 10.2 Å². The number of carbonyl (C=O) groups excluding carboxylic acids is 1. The molecule has 1 aromatic carbocycles. The minimum Gasteiger partial charge on any atom is -0.389 e. The van der Waals surface area contributed by atoms with E-state index in [4.69, 9.17) is 9.47 Å². The van der Waals surface area contributed by atoms with Crippen molar-refractivity contribution < 1.29 is 19.4 Å². The first-order valence-electron chi connectivity index (χ1n) is 12.3. The third kappa shape index (κ3) is 6.44. The molecule has 1 fully saturated rings. The van der Waals surface area contributed by atoms with Crippen molar-refractivity contribution in [3.8, 4) is 0 Å². The zero-order chi connectivity index (χ0) is 23.9. The second-order valence-corrected chi connectivity index (χ2v) is 10.3. The third-order valence-corrected chi connectivity index (χ3v) is 7.45. The van der Waals surface area contributed by atoms with Crippen molar-refractivity contribution in [1.29, 1.82) is 0 Å². The second-order valence-electron chi connectivity index (χ2n) is 10.3. The smallest absolute Gasteiger partial charge is 0.230 e. The highest BCUT2D eigenvalue weighted by atomic mass is 16.5. The summed E-state index contributed by atoms with van der Waals surface area (Å²) >= 11 is 0. The predicted molar refractivity (Wildman–Crippen MR) is 132 cm³/mol. The molecule has 33 heavy (non-hydrogen) atoms. The Hall–Kier alpha value is -1.73. The van der Waals surface area contributed by atoms with Crippen LogP contribution in [0.25, 0.3) is 5.57 Å². The van der Waals surface area contributed by atoms with E-state index in [1.807, 2.05) is 6.92 Å². The van der Waals surface area contributed by atoms with Gasteiger partial charge in [-0.15, -0.1) is 0 Å². The minimum atomic E-state index is -0.676. The van der Waals surface area contributed by atoms with Crippen LogP contribution in [-0.4, -0.2) is 75.6 Å². The Morgan fingerprint density at radius 2 is 1.88 bits per heavy atom. The number of nitrogens with one attached hydrogen (secondary N) is 1. The molecule has 0 heterocycles. The fourth-order valence-electron chi connectivity index (χ4n) is 5.51. The van der Waals surface area contributed by atoms with E-state index in [-0.39, 0.29) is 11.8 Å². The average Bonchev–Trinajstić information content (AvgIpc) is 2.81. The molecule has 1 aromatic rings. The molecule has 1 saturated carbocycles. The third-order valence-electron chi connectivity index (χ3n) is 7.45. The summed E-state index contributed by atoms with van der Waals surface area (Å²) in [4.78, 5) is 14.8. The predicted octanol–water partition coefficient (Wildman–Crippen LogP) is 3.36. The number of nitrogens with zero attached hydrogens (tertiary/aromatic N) is 1. The summed E-state index contributed by atoms with van der Waals surface area (Å²) < 4.78 is 10.4. The highest BCUT2D eigenvalue weighted by Crippen LogP contribution is 2.51. The fraction of sp³-hybridized carbons (Fsp3) is 0.667. The molecule has 0 aromatic heterocycles. The number of allylic oxidation sites excluding steroid dienone is 1. The molecular weight excluding hydrogens is 416 g/mol. The van der Waals surface area contributed by atoms with Gasteiger partial charge in [-0.2, -0.15) is 0 Å². The molecule has 6 nitrogen and oxygen atoms in total. The van der Waals surface area contributed by atoms with Gasteiger partial charge >= 0.3 is 0 Å². The molecule has 3 atom stereocenters. The molecule has 0 saturated heterocycles. The lowest BCUT2D eigenvalue weighted by Gasteiger charge is -2.48. The van der Waals surface area contributed by atoms with Gasteiger partial charge < -0.3 is 24.8 Å². The number of hydrogen-bond acceptors (Lipinski definition) is 5. The van der Waals surface area contributed by atoms with Crippen LogP contribution < -0.4 is 5.32 Å². The molecule has 3 aliphatic carbocycles. The Morgan fingerprint density at radius 3 is 2.48 bits per heavy atom. The van der Waals surface area contributed by atoms with Gasteiger partial charge in [0.25, 0.3) is 0 Å². The number of ether oxygens (including phenoxy) is 2. The van der Waals surface area contributed by atoms with Gasteiger partial charge in [-0.05, 0) is 69.7 Å². The zero-order valence-electron chi connectivity index (χ0n) is 20.8. The quantitative estimate of drug-likeness (QED) is 0.444. The van der Waals surface area contributed by atoms with E-state index in [0.29, 0.717) is 25.7 Å². The van der Waals surface area contributed by atoms with Crippen molar-refractivity contribution >= 4 is 11.5 Å². The molecule has 2 bridgehead atoms. The monoisotopic (exact) mass is 458 g/mol. The van der Waals surface area contributed by atoms with Crippen molar-refractivity contribution in [3.63, 3.8) is 0 Å². The fourth-order valence-corrected chi connectivity index (χ4v) is 5.51. The number of methoxy groups -OCH3 is 2. The van der Waals surface area contributed by atoms with E-state index in [1.54, 1.807) is 14.2 Å². The van der Waals surface area contributed by atoms with Gasteiger partial charge in [0.05, 0.1) is 24.2 Å². The van der Waals surface area contributed by atoms with Gasteiger partial charge in [-0.1, -0.05) is 36.4 Å². The number of hydrogen-bond donors (Lipinski definition) is 2. The summed E-state index contributed by atoms with van der Waals surface area (Å²) in [7, 11) is 5.29.